The summed E-state index contributed by atoms with van der Waals surface area (Å²) in [6, 6.07) is 18.6. The Morgan fingerprint density at radius 2 is 1.90 bits per heavy atom. The molecule has 2 aliphatic rings. The lowest BCUT2D eigenvalue weighted by molar-refractivity contribution is -0.133. The fourth-order valence-corrected chi connectivity index (χ4v) is 5.16. The number of carbonyl (C=O) groups excluding carboxylic acids is 2. The number of aromatic nitrogens is 1. The summed E-state index contributed by atoms with van der Waals surface area (Å²) >= 11 is 0. The number of nitrogens with zero attached hydrogens (tertiary/aromatic N) is 3. The average Bonchev–Trinajstić information content (AvgIpc) is 3.47. The number of hydrogen-bond donors (Lipinski definition) is 1. The quantitative estimate of drug-likeness (QED) is 0.379. The summed E-state index contributed by atoms with van der Waals surface area (Å²) in [6.45, 7) is 2.38. The van der Waals surface area contributed by atoms with E-state index < -0.39 is 0 Å². The normalized spacial score (nSPS) is 17.6. The van der Waals surface area contributed by atoms with Crippen molar-refractivity contribution in [1.29, 1.82) is 0 Å². The molecule has 0 radical (unpaired) electrons. The third-order valence-corrected chi connectivity index (χ3v) is 7.29. The number of ether oxygens (including phenoxy) is 2. The second-order valence-electron chi connectivity index (χ2n) is 10.0. The molecule has 0 saturated heterocycles. The van der Waals surface area contributed by atoms with Crippen molar-refractivity contribution in [2.75, 3.05) is 12.4 Å². The lowest BCUT2D eigenvalue weighted by Crippen LogP contribution is -2.36. The van der Waals surface area contributed by atoms with Crippen LogP contribution in [0.4, 0.5) is 5.69 Å². The molecule has 8 heteroatoms. The van der Waals surface area contributed by atoms with Crippen LogP contribution < -0.4 is 14.8 Å². The summed E-state index contributed by atoms with van der Waals surface area (Å²) in [7, 11) is 1.65. The van der Waals surface area contributed by atoms with Crippen molar-refractivity contribution in [2.24, 2.45) is 11.0 Å². The van der Waals surface area contributed by atoms with E-state index in [9.17, 15) is 9.59 Å². The Bertz CT molecular complexity index is 1350. The lowest BCUT2D eigenvalue weighted by Gasteiger charge is -2.29. The average molecular weight is 527 g/mol. The van der Waals surface area contributed by atoms with Crippen LogP contribution in [0.5, 0.6) is 11.5 Å². The number of methoxy groups -OCH3 is 1. The number of amides is 2. The molecule has 0 spiro atoms. The van der Waals surface area contributed by atoms with Crippen molar-refractivity contribution in [3.63, 3.8) is 0 Å². The summed E-state index contributed by atoms with van der Waals surface area (Å²) in [5.41, 5.74) is 3.64. The van der Waals surface area contributed by atoms with Crippen LogP contribution >= 0.6 is 0 Å². The molecule has 1 fully saturated rings. The van der Waals surface area contributed by atoms with E-state index in [1.165, 1.54) is 17.9 Å². The minimum atomic E-state index is -0.289. The van der Waals surface area contributed by atoms with Gasteiger partial charge in [0.2, 0.25) is 5.91 Å². The van der Waals surface area contributed by atoms with Crippen molar-refractivity contribution in [3.8, 4) is 11.5 Å². The van der Waals surface area contributed by atoms with Gasteiger partial charge < -0.3 is 14.8 Å². The highest BCUT2D eigenvalue weighted by Gasteiger charge is 2.30. The summed E-state index contributed by atoms with van der Waals surface area (Å²) < 4.78 is 11.9. The fraction of sp³-hybridized carbons (Fsp3) is 0.355. The third-order valence-electron chi connectivity index (χ3n) is 7.29. The molecule has 8 nitrogen and oxygen atoms in total. The summed E-state index contributed by atoms with van der Waals surface area (Å²) in [6.07, 6.45) is 7.44. The van der Waals surface area contributed by atoms with Gasteiger partial charge in [-0.1, -0.05) is 25.1 Å². The molecule has 2 heterocycles. The van der Waals surface area contributed by atoms with Gasteiger partial charge in [0.25, 0.3) is 5.91 Å². The first-order chi connectivity index (χ1) is 19.0. The minimum absolute atomic E-state index is 0.0190. The molecule has 5 rings (SSSR count). The molecule has 1 aromatic heterocycles. The van der Waals surface area contributed by atoms with E-state index in [1.54, 1.807) is 31.5 Å². The Balaban J connectivity index is 1.37. The van der Waals surface area contributed by atoms with Crippen LogP contribution in [0.1, 0.15) is 67.1 Å². The van der Waals surface area contributed by atoms with Gasteiger partial charge in [0, 0.05) is 29.8 Å². The summed E-state index contributed by atoms with van der Waals surface area (Å²) in [4.78, 5) is 29.7. The molecular weight excluding hydrogens is 492 g/mol. The predicted molar refractivity (Wildman–Crippen MR) is 150 cm³/mol. The second kappa shape index (κ2) is 12.1. The number of carbonyl (C=O) groups is 2. The molecule has 39 heavy (non-hydrogen) atoms. The standard InChI is InChI=1S/C31H34N4O4/c1-3-22-19-29(36)35(20-21-9-8-10-24(17-21)33-31(37)26-13-6-7-16-32-26)34-30(22)23-14-15-27(38-2)28(18-23)39-25-11-4-5-12-25/h6-10,13-18,22,25H,3-5,11-12,19-20H2,1-2H3,(H,33,37). The number of hydrogen-bond acceptors (Lipinski definition) is 6. The van der Waals surface area contributed by atoms with Crippen molar-refractivity contribution < 1.29 is 19.1 Å². The number of nitrogens with one attached hydrogen (secondary N) is 1. The first-order valence-corrected chi connectivity index (χ1v) is 13.6. The Morgan fingerprint density at radius 3 is 2.64 bits per heavy atom. The zero-order valence-corrected chi connectivity index (χ0v) is 22.4. The van der Waals surface area contributed by atoms with Gasteiger partial charge in [0.15, 0.2) is 11.5 Å². The van der Waals surface area contributed by atoms with E-state index >= 15 is 0 Å². The highest BCUT2D eigenvalue weighted by molar-refractivity contribution is 6.06. The zero-order chi connectivity index (χ0) is 27.2. The third kappa shape index (κ3) is 6.28. The Kier molecular flexibility index (Phi) is 8.20. The van der Waals surface area contributed by atoms with Crippen LogP contribution in [0.15, 0.2) is 72.0 Å². The van der Waals surface area contributed by atoms with Gasteiger partial charge in [-0.15, -0.1) is 0 Å². The van der Waals surface area contributed by atoms with Crippen molar-refractivity contribution in [3.05, 3.63) is 83.7 Å². The molecule has 2 amide bonds. The molecule has 1 aliphatic carbocycles. The van der Waals surface area contributed by atoms with E-state index in [0.29, 0.717) is 30.1 Å². The maximum Gasteiger partial charge on any atom is 0.274 e. The van der Waals surface area contributed by atoms with Gasteiger partial charge in [-0.2, -0.15) is 5.10 Å². The Labute approximate surface area is 229 Å². The largest absolute Gasteiger partial charge is 0.493 e. The molecular formula is C31H34N4O4. The maximum atomic E-state index is 13.1. The first kappa shape index (κ1) is 26.4. The highest BCUT2D eigenvalue weighted by atomic mass is 16.5. The first-order valence-electron chi connectivity index (χ1n) is 13.6. The zero-order valence-electron chi connectivity index (χ0n) is 22.4. The molecule has 1 atom stereocenters. The molecule has 3 aromatic rings. The van der Waals surface area contributed by atoms with E-state index in [1.807, 2.05) is 42.5 Å². The molecule has 0 bridgehead atoms. The maximum absolute atomic E-state index is 13.1. The number of pyridine rings is 1. The highest BCUT2D eigenvalue weighted by Crippen LogP contribution is 2.35. The predicted octanol–water partition coefficient (Wildman–Crippen LogP) is 5.83. The minimum Gasteiger partial charge on any atom is -0.493 e. The second-order valence-corrected chi connectivity index (χ2v) is 10.0. The topological polar surface area (TPSA) is 93.1 Å². The SMILES string of the molecule is CCC1CC(=O)N(Cc2cccc(NC(=O)c3ccccn3)c2)N=C1c1ccc(OC)c(OC2CCCC2)c1. The van der Waals surface area contributed by atoms with E-state index in [-0.39, 0.29) is 23.8 Å². The van der Waals surface area contributed by atoms with Gasteiger partial charge in [0.05, 0.1) is 25.5 Å². The fourth-order valence-electron chi connectivity index (χ4n) is 5.16. The Morgan fingerprint density at radius 1 is 1.05 bits per heavy atom. The van der Waals surface area contributed by atoms with Crippen LogP contribution in [0.25, 0.3) is 0 Å². The van der Waals surface area contributed by atoms with E-state index in [0.717, 1.165) is 41.9 Å². The van der Waals surface area contributed by atoms with Crippen molar-refractivity contribution in [2.45, 2.75) is 58.1 Å². The van der Waals surface area contributed by atoms with Crippen molar-refractivity contribution >= 4 is 23.2 Å². The molecule has 1 N–H and O–H groups in total. The van der Waals surface area contributed by atoms with Crippen LogP contribution in [-0.4, -0.2) is 40.7 Å². The Hall–Kier alpha value is -4.20. The number of benzene rings is 2. The molecule has 202 valence electrons. The van der Waals surface area contributed by atoms with Crippen LogP contribution in [0.3, 0.4) is 0 Å². The van der Waals surface area contributed by atoms with Gasteiger partial charge in [0.1, 0.15) is 5.69 Å². The summed E-state index contributed by atoms with van der Waals surface area (Å²) in [5, 5.41) is 9.26. The van der Waals surface area contributed by atoms with Crippen LogP contribution in [0.2, 0.25) is 0 Å². The van der Waals surface area contributed by atoms with Gasteiger partial charge in [-0.05, 0) is 80.1 Å². The van der Waals surface area contributed by atoms with Crippen molar-refractivity contribution in [1.82, 2.24) is 9.99 Å². The van der Waals surface area contributed by atoms with Gasteiger partial charge in [-0.25, -0.2) is 5.01 Å². The van der Waals surface area contributed by atoms with Crippen LogP contribution in [0, 0.1) is 5.92 Å². The summed E-state index contributed by atoms with van der Waals surface area (Å²) in [5.74, 6) is 1.13. The van der Waals surface area contributed by atoms with Gasteiger partial charge >= 0.3 is 0 Å². The van der Waals surface area contributed by atoms with Crippen LogP contribution in [-0.2, 0) is 11.3 Å². The molecule has 2 aromatic carbocycles. The molecule has 1 unspecified atom stereocenters. The monoisotopic (exact) mass is 526 g/mol. The molecule has 1 saturated carbocycles. The molecule has 1 aliphatic heterocycles. The van der Waals surface area contributed by atoms with E-state index in [4.69, 9.17) is 14.6 Å². The number of anilines is 1. The smallest absolute Gasteiger partial charge is 0.274 e. The number of rotatable bonds is 9. The van der Waals surface area contributed by atoms with Gasteiger partial charge in [-0.3, -0.25) is 14.6 Å². The lowest BCUT2D eigenvalue weighted by atomic mass is 9.89. The number of hydrazone groups is 1. The van der Waals surface area contributed by atoms with E-state index in [2.05, 4.69) is 17.2 Å².